The number of ether oxygens (including phenoxy) is 1. The molecule has 2 aromatic heterocycles. The number of amides is 2. The lowest BCUT2D eigenvalue weighted by atomic mass is 10.0. The second-order valence-corrected chi connectivity index (χ2v) is 8.94. The molecule has 2 amide bonds. The minimum Gasteiger partial charge on any atom is -0.497 e. The van der Waals surface area contributed by atoms with E-state index in [0.29, 0.717) is 60.8 Å². The third kappa shape index (κ3) is 5.34. The summed E-state index contributed by atoms with van der Waals surface area (Å²) in [5, 5.41) is 3.44. The summed E-state index contributed by atoms with van der Waals surface area (Å²) in [5.41, 5.74) is 1.19. The van der Waals surface area contributed by atoms with Crippen molar-refractivity contribution in [2.75, 3.05) is 43.5 Å². The summed E-state index contributed by atoms with van der Waals surface area (Å²) in [7, 11) is 1.56. The lowest BCUT2D eigenvalue weighted by molar-refractivity contribution is -0.140. The molecular weight excluding hydrogens is 495 g/mol. The Morgan fingerprint density at radius 2 is 1.79 bits per heavy atom. The van der Waals surface area contributed by atoms with Crippen LogP contribution in [0.5, 0.6) is 5.75 Å². The fourth-order valence-electron chi connectivity index (χ4n) is 4.58. The number of rotatable bonds is 4. The number of nitrogens with zero attached hydrogens (tertiary/aromatic N) is 4. The van der Waals surface area contributed by atoms with Crippen LogP contribution < -0.4 is 15.0 Å². The summed E-state index contributed by atoms with van der Waals surface area (Å²) in [6, 6.07) is 18.5. The minimum absolute atomic E-state index is 0.228. The van der Waals surface area contributed by atoms with Gasteiger partial charge in [0.15, 0.2) is 0 Å². The quantitative estimate of drug-likeness (QED) is 0.353. The standard InChI is InChI=1S/C28H26F3N5O2/c1-38-21-10-5-9-20(17-21)33-27(37)36-14-6-13-35(15-16-36)26-22-11-12-24(28(29,30)31)34-25(22)23(18-32-26)19-7-3-2-4-8-19/h2-5,7-12,17-18H,6,13-16H2,1H3,(H,33,37). The maximum atomic E-state index is 13.5. The third-order valence-electron chi connectivity index (χ3n) is 6.49. The van der Waals surface area contributed by atoms with Gasteiger partial charge in [-0.25, -0.2) is 14.8 Å². The van der Waals surface area contributed by atoms with Crippen LogP contribution in [-0.4, -0.2) is 54.2 Å². The van der Waals surface area contributed by atoms with Gasteiger partial charge in [-0.1, -0.05) is 36.4 Å². The summed E-state index contributed by atoms with van der Waals surface area (Å²) in [5.74, 6) is 1.19. The molecule has 0 spiro atoms. The zero-order chi connectivity index (χ0) is 26.7. The molecule has 5 rings (SSSR count). The largest absolute Gasteiger partial charge is 0.497 e. The molecular formula is C28H26F3N5O2. The summed E-state index contributed by atoms with van der Waals surface area (Å²) < 4.78 is 45.8. The van der Waals surface area contributed by atoms with E-state index in [1.54, 1.807) is 42.5 Å². The molecule has 0 atom stereocenters. The number of carbonyl (C=O) groups is 1. The Balaban J connectivity index is 1.42. The van der Waals surface area contributed by atoms with Crippen LogP contribution in [0.25, 0.3) is 22.0 Å². The first-order valence-electron chi connectivity index (χ1n) is 12.2. The van der Waals surface area contributed by atoms with Crippen molar-refractivity contribution >= 4 is 28.4 Å². The predicted octanol–water partition coefficient (Wildman–Crippen LogP) is 6.07. The number of halogens is 3. The van der Waals surface area contributed by atoms with Crippen molar-refractivity contribution in [2.24, 2.45) is 0 Å². The van der Waals surface area contributed by atoms with Crippen molar-refractivity contribution in [3.8, 4) is 16.9 Å². The smallest absolute Gasteiger partial charge is 0.433 e. The number of benzene rings is 2. The first-order chi connectivity index (χ1) is 18.3. The monoisotopic (exact) mass is 521 g/mol. The SMILES string of the molecule is COc1cccc(NC(=O)N2CCCN(c3ncc(-c4ccccc4)c4nc(C(F)(F)F)ccc34)CC2)c1. The molecule has 1 saturated heterocycles. The van der Waals surface area contributed by atoms with Gasteiger partial charge in [0.05, 0.1) is 12.6 Å². The highest BCUT2D eigenvalue weighted by Gasteiger charge is 2.33. The summed E-state index contributed by atoms with van der Waals surface area (Å²) in [6.45, 7) is 2.02. The Kier molecular flexibility index (Phi) is 7.04. The van der Waals surface area contributed by atoms with Gasteiger partial charge in [0, 0.05) is 55.1 Å². The molecule has 0 saturated carbocycles. The molecule has 7 nitrogen and oxygen atoms in total. The molecule has 0 aliphatic carbocycles. The van der Waals surface area contributed by atoms with E-state index < -0.39 is 11.9 Å². The first-order valence-corrected chi connectivity index (χ1v) is 12.2. The number of carbonyl (C=O) groups excluding carboxylic acids is 1. The Bertz CT molecular complexity index is 1450. The molecule has 0 unspecified atom stereocenters. The average molecular weight is 522 g/mol. The van der Waals surface area contributed by atoms with Gasteiger partial charge in [0.2, 0.25) is 0 Å². The Morgan fingerprint density at radius 3 is 2.55 bits per heavy atom. The van der Waals surface area contributed by atoms with E-state index in [1.807, 2.05) is 35.2 Å². The topological polar surface area (TPSA) is 70.6 Å². The van der Waals surface area contributed by atoms with Gasteiger partial charge in [0.25, 0.3) is 0 Å². The number of methoxy groups -OCH3 is 1. The third-order valence-corrected chi connectivity index (χ3v) is 6.49. The zero-order valence-corrected chi connectivity index (χ0v) is 20.7. The number of nitrogens with one attached hydrogen (secondary N) is 1. The summed E-state index contributed by atoms with van der Waals surface area (Å²) in [4.78, 5) is 25.4. The average Bonchev–Trinajstić information content (AvgIpc) is 3.19. The zero-order valence-electron chi connectivity index (χ0n) is 20.7. The highest BCUT2D eigenvalue weighted by atomic mass is 19.4. The molecule has 2 aromatic carbocycles. The van der Waals surface area contributed by atoms with E-state index in [0.717, 1.165) is 11.6 Å². The van der Waals surface area contributed by atoms with Crippen molar-refractivity contribution in [3.63, 3.8) is 0 Å². The molecule has 1 fully saturated rings. The number of pyridine rings is 2. The number of hydrogen-bond donors (Lipinski definition) is 1. The number of aromatic nitrogens is 2. The van der Waals surface area contributed by atoms with Gasteiger partial charge in [0.1, 0.15) is 17.3 Å². The van der Waals surface area contributed by atoms with Crippen molar-refractivity contribution < 1.29 is 22.7 Å². The van der Waals surface area contributed by atoms with Gasteiger partial charge in [-0.05, 0) is 36.2 Å². The molecule has 1 aliphatic heterocycles. The van der Waals surface area contributed by atoms with Crippen LogP contribution in [0.1, 0.15) is 12.1 Å². The fourth-order valence-corrected chi connectivity index (χ4v) is 4.58. The number of anilines is 2. The molecule has 1 aliphatic rings. The molecule has 0 bridgehead atoms. The molecule has 38 heavy (non-hydrogen) atoms. The van der Waals surface area contributed by atoms with Crippen LogP contribution in [0.2, 0.25) is 0 Å². The van der Waals surface area contributed by atoms with E-state index in [-0.39, 0.29) is 11.5 Å². The van der Waals surface area contributed by atoms with E-state index >= 15 is 0 Å². The molecule has 10 heteroatoms. The van der Waals surface area contributed by atoms with E-state index in [1.165, 1.54) is 6.07 Å². The summed E-state index contributed by atoms with van der Waals surface area (Å²) >= 11 is 0. The van der Waals surface area contributed by atoms with Crippen molar-refractivity contribution in [2.45, 2.75) is 12.6 Å². The van der Waals surface area contributed by atoms with Gasteiger partial charge in [-0.2, -0.15) is 13.2 Å². The summed E-state index contributed by atoms with van der Waals surface area (Å²) in [6.07, 6.45) is -2.31. The maximum Gasteiger partial charge on any atom is 0.433 e. The molecule has 1 N–H and O–H groups in total. The fraction of sp³-hybridized carbons (Fsp3) is 0.250. The van der Waals surface area contributed by atoms with E-state index in [9.17, 15) is 18.0 Å². The number of alkyl halides is 3. The normalized spacial score (nSPS) is 14.3. The number of fused-ring (bicyclic) bond motifs is 1. The van der Waals surface area contributed by atoms with Crippen LogP contribution >= 0.6 is 0 Å². The molecule has 0 radical (unpaired) electrons. The van der Waals surface area contributed by atoms with Crippen LogP contribution in [-0.2, 0) is 6.18 Å². The van der Waals surface area contributed by atoms with E-state index in [2.05, 4.69) is 15.3 Å². The lowest BCUT2D eigenvalue weighted by Gasteiger charge is -2.25. The maximum absolute atomic E-state index is 13.5. The number of hydrogen-bond acceptors (Lipinski definition) is 5. The van der Waals surface area contributed by atoms with Crippen molar-refractivity contribution in [1.82, 2.24) is 14.9 Å². The van der Waals surface area contributed by atoms with Crippen molar-refractivity contribution in [3.05, 3.63) is 78.6 Å². The van der Waals surface area contributed by atoms with Crippen molar-refractivity contribution in [1.29, 1.82) is 0 Å². The van der Waals surface area contributed by atoms with Crippen LogP contribution in [0.4, 0.5) is 29.5 Å². The van der Waals surface area contributed by atoms with Gasteiger partial charge >= 0.3 is 12.2 Å². The van der Waals surface area contributed by atoms with Crippen LogP contribution in [0, 0.1) is 0 Å². The minimum atomic E-state index is -4.56. The van der Waals surface area contributed by atoms with Gasteiger partial charge in [-0.15, -0.1) is 0 Å². The van der Waals surface area contributed by atoms with E-state index in [4.69, 9.17) is 4.74 Å². The lowest BCUT2D eigenvalue weighted by Crippen LogP contribution is -2.38. The Morgan fingerprint density at radius 1 is 0.974 bits per heavy atom. The number of urea groups is 1. The van der Waals surface area contributed by atoms with Crippen LogP contribution in [0.15, 0.2) is 72.9 Å². The molecule has 196 valence electrons. The molecule has 4 aromatic rings. The Hall–Kier alpha value is -4.34. The van der Waals surface area contributed by atoms with Gasteiger partial charge < -0.3 is 19.9 Å². The van der Waals surface area contributed by atoms with Gasteiger partial charge in [-0.3, -0.25) is 0 Å². The second-order valence-electron chi connectivity index (χ2n) is 8.94. The molecule has 3 heterocycles. The Labute approximate surface area is 217 Å². The predicted molar refractivity (Wildman–Crippen MR) is 140 cm³/mol. The van der Waals surface area contributed by atoms with Crippen LogP contribution in [0.3, 0.4) is 0 Å². The highest BCUT2D eigenvalue weighted by molar-refractivity contribution is 5.99. The first kappa shape index (κ1) is 25.3. The highest BCUT2D eigenvalue weighted by Crippen LogP contribution is 2.36. The second kappa shape index (κ2) is 10.6.